The standard InChI is InChI=1S/C25H29ClN2O6/c1-14-11-16(24(34-5)17(26)12-14)22(30)20-21(15-7-8-19(33-4)18(29)13-15)28(25(32)23(20)31)10-6-9-27(2)3/h7-8,11-13,21,29-30H,6,9-10H2,1-5H3/b22-20+. The summed E-state index contributed by atoms with van der Waals surface area (Å²) in [6.07, 6.45) is 0.609. The lowest BCUT2D eigenvalue weighted by Gasteiger charge is -2.26. The lowest BCUT2D eigenvalue weighted by molar-refractivity contribution is -0.139. The normalized spacial score (nSPS) is 17.5. The predicted octanol–water partition coefficient (Wildman–Crippen LogP) is 3.74. The smallest absolute Gasteiger partial charge is 0.295 e. The molecule has 0 aromatic heterocycles. The van der Waals surface area contributed by atoms with Crippen molar-refractivity contribution in [3.05, 3.63) is 57.6 Å². The Balaban J connectivity index is 2.22. The van der Waals surface area contributed by atoms with Crippen LogP contribution in [0.1, 0.15) is 29.2 Å². The summed E-state index contributed by atoms with van der Waals surface area (Å²) < 4.78 is 10.5. The molecular weight excluding hydrogens is 460 g/mol. The van der Waals surface area contributed by atoms with E-state index in [1.807, 2.05) is 19.0 Å². The van der Waals surface area contributed by atoms with Crippen LogP contribution in [0.4, 0.5) is 0 Å². The van der Waals surface area contributed by atoms with Crippen LogP contribution in [-0.4, -0.2) is 73.1 Å². The van der Waals surface area contributed by atoms with Gasteiger partial charge < -0.3 is 29.5 Å². The summed E-state index contributed by atoms with van der Waals surface area (Å²) >= 11 is 6.31. The molecule has 0 bridgehead atoms. The van der Waals surface area contributed by atoms with Crippen molar-refractivity contribution >= 4 is 29.1 Å². The Morgan fingerprint density at radius 3 is 2.44 bits per heavy atom. The van der Waals surface area contributed by atoms with E-state index in [0.29, 0.717) is 18.5 Å². The molecule has 1 aliphatic rings. The highest BCUT2D eigenvalue weighted by Gasteiger charge is 2.46. The summed E-state index contributed by atoms with van der Waals surface area (Å²) in [5.74, 6) is -1.63. The van der Waals surface area contributed by atoms with E-state index in [2.05, 4.69) is 0 Å². The summed E-state index contributed by atoms with van der Waals surface area (Å²) in [4.78, 5) is 29.7. The highest BCUT2D eigenvalue weighted by molar-refractivity contribution is 6.46. The number of aromatic hydroxyl groups is 1. The first-order valence-corrected chi connectivity index (χ1v) is 11.1. The fraction of sp³-hybridized carbons (Fsp3) is 0.360. The fourth-order valence-electron chi connectivity index (χ4n) is 4.15. The van der Waals surface area contributed by atoms with Gasteiger partial charge in [-0.3, -0.25) is 9.59 Å². The molecule has 1 unspecified atom stereocenters. The molecule has 1 heterocycles. The highest BCUT2D eigenvalue weighted by Crippen LogP contribution is 2.44. The molecule has 0 saturated carbocycles. The SMILES string of the molecule is COc1ccc(C2/C(=C(\O)c3cc(C)cc(Cl)c3OC)C(=O)C(=O)N2CCCN(C)C)cc1O. The maximum absolute atomic E-state index is 13.2. The maximum Gasteiger partial charge on any atom is 0.295 e. The van der Waals surface area contributed by atoms with Crippen molar-refractivity contribution in [2.45, 2.75) is 19.4 Å². The summed E-state index contributed by atoms with van der Waals surface area (Å²) in [7, 11) is 6.67. The zero-order valence-corrected chi connectivity index (χ0v) is 20.6. The molecule has 9 heteroatoms. The number of benzene rings is 2. The minimum absolute atomic E-state index is 0.0978. The van der Waals surface area contributed by atoms with Gasteiger partial charge in [0.1, 0.15) is 11.5 Å². The van der Waals surface area contributed by atoms with Crippen molar-refractivity contribution in [3.63, 3.8) is 0 Å². The first kappa shape index (κ1) is 25.4. The minimum atomic E-state index is -0.914. The molecule has 1 atom stereocenters. The number of aliphatic hydroxyl groups is 1. The number of aryl methyl sites for hydroxylation is 1. The molecule has 1 aliphatic heterocycles. The Bertz CT molecular complexity index is 1140. The molecule has 1 fully saturated rings. The number of hydrogen-bond acceptors (Lipinski definition) is 7. The molecule has 2 N–H and O–H groups in total. The molecule has 0 aliphatic carbocycles. The number of hydrogen-bond donors (Lipinski definition) is 2. The van der Waals surface area contributed by atoms with E-state index in [1.54, 1.807) is 31.2 Å². The number of rotatable bonds is 8. The third-order valence-corrected chi connectivity index (χ3v) is 5.99. The fourth-order valence-corrected chi connectivity index (χ4v) is 4.50. The van der Waals surface area contributed by atoms with Gasteiger partial charge >= 0.3 is 0 Å². The van der Waals surface area contributed by atoms with Crippen molar-refractivity contribution in [1.82, 2.24) is 9.80 Å². The molecule has 0 spiro atoms. The number of amides is 1. The van der Waals surface area contributed by atoms with Crippen LogP contribution >= 0.6 is 11.6 Å². The first-order valence-electron chi connectivity index (χ1n) is 10.7. The number of methoxy groups -OCH3 is 2. The Kier molecular flexibility index (Phi) is 7.74. The number of phenols is 1. The van der Waals surface area contributed by atoms with Gasteiger partial charge in [-0.05, 0) is 69.4 Å². The number of carbonyl (C=O) groups is 2. The van der Waals surface area contributed by atoms with Crippen LogP contribution in [0.5, 0.6) is 17.2 Å². The number of halogens is 1. The molecule has 1 amide bonds. The van der Waals surface area contributed by atoms with Crippen LogP contribution in [0.25, 0.3) is 5.76 Å². The number of ketones is 1. The van der Waals surface area contributed by atoms with Crippen molar-refractivity contribution in [3.8, 4) is 17.2 Å². The van der Waals surface area contributed by atoms with Crippen molar-refractivity contribution in [1.29, 1.82) is 0 Å². The molecular formula is C25H29ClN2O6. The third kappa shape index (κ3) is 4.83. The molecule has 34 heavy (non-hydrogen) atoms. The molecule has 8 nitrogen and oxygen atoms in total. The highest BCUT2D eigenvalue weighted by atomic mass is 35.5. The first-order chi connectivity index (χ1) is 16.1. The van der Waals surface area contributed by atoms with E-state index in [0.717, 1.165) is 5.56 Å². The molecule has 1 saturated heterocycles. The second kappa shape index (κ2) is 10.4. The van der Waals surface area contributed by atoms with Crippen molar-refractivity contribution in [2.75, 3.05) is 41.4 Å². The molecule has 2 aromatic rings. The van der Waals surface area contributed by atoms with Crippen LogP contribution in [0.3, 0.4) is 0 Å². The van der Waals surface area contributed by atoms with Gasteiger partial charge in [0.25, 0.3) is 11.7 Å². The molecule has 3 rings (SSSR count). The van der Waals surface area contributed by atoms with Crippen LogP contribution in [0.15, 0.2) is 35.9 Å². The van der Waals surface area contributed by atoms with E-state index in [4.69, 9.17) is 21.1 Å². The number of phenolic OH excluding ortho intramolecular Hbond substituents is 1. The third-order valence-electron chi connectivity index (χ3n) is 5.71. The number of likely N-dealkylation sites (tertiary alicyclic amines) is 1. The number of aliphatic hydroxyl groups excluding tert-OH is 1. The van der Waals surface area contributed by atoms with Crippen LogP contribution in [0, 0.1) is 6.92 Å². The van der Waals surface area contributed by atoms with Gasteiger partial charge in [0, 0.05) is 6.54 Å². The molecule has 0 radical (unpaired) electrons. The zero-order chi connectivity index (χ0) is 25.2. The van der Waals surface area contributed by atoms with Crippen LogP contribution in [-0.2, 0) is 9.59 Å². The predicted molar refractivity (Wildman–Crippen MR) is 130 cm³/mol. The van der Waals surface area contributed by atoms with Gasteiger partial charge in [-0.15, -0.1) is 0 Å². The Labute approximate surface area is 203 Å². The quantitative estimate of drug-likeness (QED) is 0.331. The number of ether oxygens (including phenoxy) is 2. The topological polar surface area (TPSA) is 99.5 Å². The lowest BCUT2D eigenvalue weighted by atomic mass is 9.94. The van der Waals surface area contributed by atoms with Crippen molar-refractivity contribution < 1.29 is 29.3 Å². The van der Waals surface area contributed by atoms with Crippen LogP contribution in [0.2, 0.25) is 5.02 Å². The van der Waals surface area contributed by atoms with Crippen molar-refractivity contribution in [2.24, 2.45) is 0 Å². The number of Topliss-reactive ketones (excluding diaryl/α,β-unsaturated/α-hetero) is 1. The Hall–Kier alpha value is -3.23. The van der Waals surface area contributed by atoms with E-state index in [9.17, 15) is 19.8 Å². The molecule has 2 aromatic carbocycles. The zero-order valence-electron chi connectivity index (χ0n) is 19.9. The van der Waals surface area contributed by atoms with Gasteiger partial charge in [-0.2, -0.15) is 0 Å². The monoisotopic (exact) mass is 488 g/mol. The minimum Gasteiger partial charge on any atom is -0.507 e. The maximum atomic E-state index is 13.2. The summed E-state index contributed by atoms with van der Waals surface area (Å²) in [6, 6.07) is 7.04. The number of carbonyl (C=O) groups excluding carboxylic acids is 2. The molecule has 182 valence electrons. The van der Waals surface area contributed by atoms with Gasteiger partial charge in [-0.1, -0.05) is 17.7 Å². The van der Waals surface area contributed by atoms with E-state index < -0.39 is 23.5 Å². The van der Waals surface area contributed by atoms with Gasteiger partial charge in [0.2, 0.25) is 0 Å². The van der Waals surface area contributed by atoms with Gasteiger partial charge in [-0.25, -0.2) is 0 Å². The Morgan fingerprint density at radius 1 is 1.15 bits per heavy atom. The second-order valence-electron chi connectivity index (χ2n) is 8.41. The van der Waals surface area contributed by atoms with E-state index in [-0.39, 0.29) is 40.0 Å². The lowest BCUT2D eigenvalue weighted by Crippen LogP contribution is -2.32. The second-order valence-corrected chi connectivity index (χ2v) is 8.82. The van der Waals surface area contributed by atoms with E-state index >= 15 is 0 Å². The number of nitrogens with zero attached hydrogens (tertiary/aromatic N) is 2. The summed E-state index contributed by atoms with van der Waals surface area (Å²) in [6.45, 7) is 2.77. The average molecular weight is 489 g/mol. The average Bonchev–Trinajstić information content (AvgIpc) is 3.02. The largest absolute Gasteiger partial charge is 0.507 e. The summed E-state index contributed by atoms with van der Waals surface area (Å²) in [5.41, 5.74) is 1.31. The van der Waals surface area contributed by atoms with Gasteiger partial charge in [0.15, 0.2) is 11.5 Å². The van der Waals surface area contributed by atoms with E-state index in [1.165, 1.54) is 25.2 Å². The van der Waals surface area contributed by atoms with Crippen LogP contribution < -0.4 is 9.47 Å². The van der Waals surface area contributed by atoms with Gasteiger partial charge in [0.05, 0.1) is 36.4 Å². The Morgan fingerprint density at radius 2 is 1.85 bits per heavy atom. The summed E-state index contributed by atoms with van der Waals surface area (Å²) in [5, 5.41) is 22.0.